The number of fused-ring (bicyclic) bond motifs is 2. The van der Waals surface area contributed by atoms with Gasteiger partial charge in [0, 0.05) is 23.9 Å². The molecule has 6 rings (SSSR count). The molecule has 0 radical (unpaired) electrons. The number of thioether (sulfide) groups is 1. The number of ether oxygens (including phenoxy) is 1. The molecule has 4 heterocycles. The van der Waals surface area contributed by atoms with Crippen LogP contribution < -0.4 is 9.77 Å². The van der Waals surface area contributed by atoms with Crippen molar-refractivity contribution in [3.05, 3.63) is 80.3 Å². The number of halogens is 3. The summed E-state index contributed by atoms with van der Waals surface area (Å²) in [4.78, 5) is 56.4. The van der Waals surface area contributed by atoms with Crippen LogP contribution >= 0.6 is 23.1 Å². The average Bonchev–Trinajstić information content (AvgIpc) is 3.39. The Morgan fingerprint density at radius 3 is 2.40 bits per heavy atom. The second-order valence-electron chi connectivity index (χ2n) is 9.63. The first kappa shape index (κ1) is 26.8. The molecule has 40 heavy (non-hydrogen) atoms. The third kappa shape index (κ3) is 4.55. The number of carbonyl (C=O) groups is 3. The third-order valence-corrected chi connectivity index (χ3v) is 9.90. The van der Waals surface area contributed by atoms with E-state index in [0.717, 1.165) is 46.2 Å². The molecule has 2 saturated heterocycles. The number of anilines is 1. The van der Waals surface area contributed by atoms with E-state index >= 15 is 0 Å². The number of carbonyl (C=O) groups excluding carboxylic acids is 3. The van der Waals surface area contributed by atoms with Gasteiger partial charge in [0.15, 0.2) is 0 Å². The summed E-state index contributed by atoms with van der Waals surface area (Å²) in [5.41, 5.74) is -0.434. The van der Waals surface area contributed by atoms with Gasteiger partial charge in [-0.25, -0.2) is 4.90 Å². The average molecular weight is 590 g/mol. The van der Waals surface area contributed by atoms with Crippen LogP contribution in [0.3, 0.4) is 0 Å². The Bertz CT molecular complexity index is 1550. The topological polar surface area (TPSA) is 88.9 Å². The summed E-state index contributed by atoms with van der Waals surface area (Å²) in [6.07, 6.45) is -4.65. The normalized spacial score (nSPS) is 22.8. The SMILES string of the molecule is O=C(Cn1c2c(sc1=O)[C@H](c1ccccc1)C1C(=O)N(c3cccc(C(F)(F)F)c3)C(=O)C1S2)N1CCOCC1. The molecule has 0 N–H and O–H groups in total. The van der Waals surface area contributed by atoms with Gasteiger partial charge < -0.3 is 9.64 Å². The van der Waals surface area contributed by atoms with Gasteiger partial charge in [-0.15, -0.1) is 0 Å². The minimum atomic E-state index is -4.65. The molecular formula is C27H22F3N3O5S2. The van der Waals surface area contributed by atoms with E-state index in [9.17, 15) is 32.3 Å². The smallest absolute Gasteiger partial charge is 0.378 e. The van der Waals surface area contributed by atoms with E-state index in [0.29, 0.717) is 41.8 Å². The minimum absolute atomic E-state index is 0.158. The highest BCUT2D eigenvalue weighted by molar-refractivity contribution is 8.00. The van der Waals surface area contributed by atoms with Gasteiger partial charge in [0.2, 0.25) is 17.7 Å². The van der Waals surface area contributed by atoms with Crippen LogP contribution in [-0.2, 0) is 31.8 Å². The molecule has 2 aromatic carbocycles. The van der Waals surface area contributed by atoms with E-state index in [1.807, 2.05) is 0 Å². The molecule has 0 spiro atoms. The summed E-state index contributed by atoms with van der Waals surface area (Å²) in [5.74, 6) is -3.17. The van der Waals surface area contributed by atoms with Crippen molar-refractivity contribution in [3.8, 4) is 0 Å². The summed E-state index contributed by atoms with van der Waals surface area (Å²) < 4.78 is 46.9. The Hall–Kier alpha value is -3.42. The lowest BCUT2D eigenvalue weighted by molar-refractivity contribution is -0.138. The molecule has 208 valence electrons. The van der Waals surface area contributed by atoms with Gasteiger partial charge in [-0.3, -0.25) is 23.7 Å². The molecule has 0 bridgehead atoms. The van der Waals surface area contributed by atoms with Crippen molar-refractivity contribution in [3.63, 3.8) is 0 Å². The fraction of sp³-hybridized carbons (Fsp3) is 0.333. The predicted molar refractivity (Wildman–Crippen MR) is 141 cm³/mol. The number of imide groups is 1. The van der Waals surface area contributed by atoms with Crippen LogP contribution in [-0.4, -0.2) is 58.7 Å². The first-order valence-electron chi connectivity index (χ1n) is 12.5. The first-order chi connectivity index (χ1) is 19.1. The summed E-state index contributed by atoms with van der Waals surface area (Å²) in [6.45, 7) is 1.39. The van der Waals surface area contributed by atoms with Crippen LogP contribution in [0.15, 0.2) is 64.4 Å². The number of benzene rings is 2. The van der Waals surface area contributed by atoms with Crippen LogP contribution in [0.5, 0.6) is 0 Å². The monoisotopic (exact) mass is 589 g/mol. The van der Waals surface area contributed by atoms with E-state index in [-0.39, 0.29) is 23.0 Å². The maximum atomic E-state index is 13.8. The lowest BCUT2D eigenvalue weighted by atomic mass is 9.83. The number of morpholine rings is 1. The highest BCUT2D eigenvalue weighted by Crippen LogP contribution is 2.54. The molecule has 13 heteroatoms. The highest BCUT2D eigenvalue weighted by Gasteiger charge is 2.57. The van der Waals surface area contributed by atoms with Crippen LogP contribution in [0, 0.1) is 5.92 Å². The van der Waals surface area contributed by atoms with Crippen molar-refractivity contribution >= 4 is 46.5 Å². The second-order valence-corrected chi connectivity index (χ2v) is 11.8. The van der Waals surface area contributed by atoms with Gasteiger partial charge >= 0.3 is 11.0 Å². The van der Waals surface area contributed by atoms with E-state index in [4.69, 9.17) is 4.74 Å². The Balaban J connectivity index is 1.42. The molecule has 0 aliphatic carbocycles. The number of thiazole rings is 1. The molecule has 2 fully saturated rings. The van der Waals surface area contributed by atoms with E-state index in [1.54, 1.807) is 35.2 Å². The zero-order chi connectivity index (χ0) is 28.2. The van der Waals surface area contributed by atoms with E-state index < -0.39 is 40.6 Å². The molecule has 3 aliphatic heterocycles. The summed E-state index contributed by atoms with van der Waals surface area (Å²) in [7, 11) is 0. The van der Waals surface area contributed by atoms with Gasteiger partial charge in [0.1, 0.15) is 11.8 Å². The van der Waals surface area contributed by atoms with Crippen molar-refractivity contribution in [1.29, 1.82) is 0 Å². The summed E-state index contributed by atoms with van der Waals surface area (Å²) in [5, 5.41) is -0.558. The molecule has 0 saturated carbocycles. The van der Waals surface area contributed by atoms with E-state index in [2.05, 4.69) is 0 Å². The van der Waals surface area contributed by atoms with Crippen molar-refractivity contribution in [2.24, 2.45) is 5.92 Å². The molecule has 8 nitrogen and oxygen atoms in total. The Labute approximate surface area is 234 Å². The Kier molecular flexibility index (Phi) is 6.83. The third-order valence-electron chi connectivity index (χ3n) is 7.30. The molecule has 2 unspecified atom stereocenters. The first-order valence-corrected chi connectivity index (χ1v) is 14.2. The molecular weight excluding hydrogens is 567 g/mol. The second kappa shape index (κ2) is 10.2. The number of amides is 3. The largest absolute Gasteiger partial charge is 0.416 e. The van der Waals surface area contributed by atoms with Crippen LogP contribution in [0.25, 0.3) is 0 Å². The Morgan fingerprint density at radius 1 is 0.975 bits per heavy atom. The fourth-order valence-electron chi connectivity index (χ4n) is 5.40. The number of aromatic nitrogens is 1. The van der Waals surface area contributed by atoms with Gasteiger partial charge in [-0.2, -0.15) is 13.2 Å². The Morgan fingerprint density at radius 2 is 1.70 bits per heavy atom. The lowest BCUT2D eigenvalue weighted by Gasteiger charge is -2.31. The number of hydrogen-bond acceptors (Lipinski definition) is 7. The van der Waals surface area contributed by atoms with Gasteiger partial charge in [-0.05, 0) is 23.8 Å². The van der Waals surface area contributed by atoms with Crippen LogP contribution in [0.4, 0.5) is 18.9 Å². The number of alkyl halides is 3. The van der Waals surface area contributed by atoms with Gasteiger partial charge in [0.05, 0.1) is 35.4 Å². The summed E-state index contributed by atoms with van der Waals surface area (Å²) in [6, 6.07) is 13.1. The zero-order valence-corrected chi connectivity index (χ0v) is 22.4. The number of rotatable bonds is 4. The van der Waals surface area contributed by atoms with Crippen LogP contribution in [0.2, 0.25) is 0 Å². The summed E-state index contributed by atoms with van der Waals surface area (Å²) >= 11 is 1.95. The van der Waals surface area contributed by atoms with Gasteiger partial charge in [-0.1, -0.05) is 59.5 Å². The van der Waals surface area contributed by atoms with Crippen molar-refractivity contribution < 1.29 is 32.3 Å². The maximum absolute atomic E-state index is 13.8. The van der Waals surface area contributed by atoms with E-state index in [1.165, 1.54) is 10.6 Å². The molecule has 3 amide bonds. The molecule has 1 aromatic heterocycles. The fourth-order valence-corrected chi connectivity index (χ4v) is 8.17. The quantitative estimate of drug-likeness (QED) is 0.433. The van der Waals surface area contributed by atoms with Crippen molar-refractivity contribution in [2.45, 2.75) is 28.9 Å². The molecule has 3 aliphatic rings. The number of nitrogens with zero attached hydrogens (tertiary/aromatic N) is 3. The van der Waals surface area contributed by atoms with Crippen molar-refractivity contribution in [2.75, 3.05) is 31.2 Å². The van der Waals surface area contributed by atoms with Crippen LogP contribution in [0.1, 0.15) is 21.9 Å². The molecule has 3 aromatic rings. The predicted octanol–water partition coefficient (Wildman–Crippen LogP) is 3.58. The van der Waals surface area contributed by atoms with Gasteiger partial charge in [0.25, 0.3) is 0 Å². The standard InChI is InChI=1S/C27H22F3N3O5S2/c28-27(29,30)16-7-4-8-17(13-16)33-23(35)20-19(15-5-2-1-3-6-15)22-25(39-21(20)24(33)36)32(26(37)40-22)14-18(34)31-9-11-38-12-10-31/h1-8,13,19-21H,9-12,14H2/t19-,20?,21?/m1/s1. The zero-order valence-electron chi connectivity index (χ0n) is 20.8. The minimum Gasteiger partial charge on any atom is -0.378 e. The lowest BCUT2D eigenvalue weighted by Crippen LogP contribution is -2.43. The number of hydrogen-bond donors (Lipinski definition) is 0. The van der Waals surface area contributed by atoms with Crippen molar-refractivity contribution in [1.82, 2.24) is 9.47 Å². The highest BCUT2D eigenvalue weighted by atomic mass is 32.2. The molecule has 3 atom stereocenters. The maximum Gasteiger partial charge on any atom is 0.416 e.